The molecule has 1 fully saturated rings. The van der Waals surface area contributed by atoms with Gasteiger partial charge in [-0.2, -0.15) is 0 Å². The highest BCUT2D eigenvalue weighted by Crippen LogP contribution is 2.23. The fourth-order valence-corrected chi connectivity index (χ4v) is 3.54. The number of sulfone groups is 1. The van der Waals surface area contributed by atoms with Crippen LogP contribution in [0.25, 0.3) is 0 Å². The number of hydrogen-bond acceptors (Lipinski definition) is 4. The third-order valence-corrected chi connectivity index (χ3v) is 5.02. The molecule has 1 saturated carbocycles. The van der Waals surface area contributed by atoms with Crippen molar-refractivity contribution in [3.05, 3.63) is 0 Å². The van der Waals surface area contributed by atoms with Crippen LogP contribution in [-0.4, -0.2) is 39.2 Å². The molecule has 0 aromatic carbocycles. The molecule has 0 amide bonds. The summed E-state index contributed by atoms with van der Waals surface area (Å²) in [6.45, 7) is 0.297. The lowest BCUT2D eigenvalue weighted by Gasteiger charge is -2.25. The van der Waals surface area contributed by atoms with Crippen LogP contribution in [0.15, 0.2) is 0 Å². The van der Waals surface area contributed by atoms with Crippen molar-refractivity contribution in [3.8, 4) is 0 Å². The number of ether oxygens (including phenoxy) is 1. The Bertz CT molecular complexity index is 255. The van der Waals surface area contributed by atoms with Gasteiger partial charge in [-0.25, -0.2) is 8.42 Å². The van der Waals surface area contributed by atoms with Gasteiger partial charge in [0, 0.05) is 13.2 Å². The van der Waals surface area contributed by atoms with Crippen LogP contribution in [0.4, 0.5) is 0 Å². The van der Waals surface area contributed by atoms with Gasteiger partial charge in [-0.1, -0.05) is 0 Å². The molecular weight excluding hydrogens is 202 g/mol. The summed E-state index contributed by atoms with van der Waals surface area (Å²) in [5.41, 5.74) is 5.72. The second-order valence-electron chi connectivity index (χ2n) is 3.90. The van der Waals surface area contributed by atoms with Crippen molar-refractivity contribution >= 4 is 9.84 Å². The van der Waals surface area contributed by atoms with Gasteiger partial charge >= 0.3 is 0 Å². The second-order valence-corrected chi connectivity index (χ2v) is 6.30. The van der Waals surface area contributed by atoms with E-state index in [9.17, 15) is 8.42 Å². The largest absolute Gasteiger partial charge is 0.384 e. The number of nitrogens with two attached hydrogens (primary N) is 1. The van der Waals surface area contributed by atoms with E-state index >= 15 is 0 Å². The molecule has 1 aliphatic rings. The average molecular weight is 221 g/mol. The van der Waals surface area contributed by atoms with E-state index in [2.05, 4.69) is 0 Å². The molecule has 0 saturated heterocycles. The molecule has 1 rings (SSSR count). The van der Waals surface area contributed by atoms with E-state index in [1.807, 2.05) is 0 Å². The smallest absolute Gasteiger partial charge is 0.155 e. The molecule has 5 heteroatoms. The zero-order valence-electron chi connectivity index (χ0n) is 8.61. The first-order chi connectivity index (χ1) is 6.56. The van der Waals surface area contributed by atoms with Gasteiger partial charge in [0.05, 0.1) is 17.6 Å². The Morgan fingerprint density at radius 3 is 2.36 bits per heavy atom. The number of methoxy groups -OCH3 is 1. The van der Waals surface area contributed by atoms with Crippen LogP contribution in [-0.2, 0) is 14.6 Å². The standard InChI is InChI=1S/C9H19NO3S/c1-13-6-7-14(11,12)9-4-2-8(10)3-5-9/h8-9H,2-7,10H2,1H3. The van der Waals surface area contributed by atoms with Crippen molar-refractivity contribution in [2.75, 3.05) is 19.5 Å². The summed E-state index contributed by atoms with van der Waals surface area (Å²) in [6, 6.07) is 0.198. The first kappa shape index (κ1) is 11.9. The van der Waals surface area contributed by atoms with E-state index in [4.69, 9.17) is 10.5 Å². The van der Waals surface area contributed by atoms with Crippen LogP contribution >= 0.6 is 0 Å². The van der Waals surface area contributed by atoms with Crippen molar-refractivity contribution in [2.24, 2.45) is 5.73 Å². The maximum Gasteiger partial charge on any atom is 0.155 e. The lowest BCUT2D eigenvalue weighted by molar-refractivity contribution is 0.216. The minimum absolute atomic E-state index is 0.142. The molecular formula is C9H19NO3S. The number of hydrogen-bond donors (Lipinski definition) is 1. The summed E-state index contributed by atoms with van der Waals surface area (Å²) >= 11 is 0. The highest BCUT2D eigenvalue weighted by atomic mass is 32.2. The summed E-state index contributed by atoms with van der Waals surface area (Å²) < 4.78 is 28.2. The fraction of sp³-hybridized carbons (Fsp3) is 1.00. The molecule has 0 spiro atoms. The van der Waals surface area contributed by atoms with Crippen LogP contribution in [0, 0.1) is 0 Å². The molecule has 0 bridgehead atoms. The maximum absolute atomic E-state index is 11.7. The topological polar surface area (TPSA) is 69.4 Å². The van der Waals surface area contributed by atoms with E-state index in [1.165, 1.54) is 7.11 Å². The lowest BCUT2D eigenvalue weighted by Crippen LogP contribution is -2.35. The normalized spacial score (nSPS) is 29.0. The lowest BCUT2D eigenvalue weighted by atomic mass is 9.96. The first-order valence-corrected chi connectivity index (χ1v) is 6.74. The minimum Gasteiger partial charge on any atom is -0.384 e. The van der Waals surface area contributed by atoms with Crippen LogP contribution in [0.2, 0.25) is 0 Å². The Labute approximate surface area is 85.7 Å². The molecule has 1 aliphatic carbocycles. The summed E-state index contributed by atoms with van der Waals surface area (Å²) in [6.07, 6.45) is 3.09. The van der Waals surface area contributed by atoms with Crippen LogP contribution in [0.5, 0.6) is 0 Å². The molecule has 0 unspecified atom stereocenters. The van der Waals surface area contributed by atoms with Gasteiger partial charge in [0.2, 0.25) is 0 Å². The Hall–Kier alpha value is -0.130. The van der Waals surface area contributed by atoms with Gasteiger partial charge in [0.25, 0.3) is 0 Å². The van der Waals surface area contributed by atoms with Crippen molar-refractivity contribution in [3.63, 3.8) is 0 Å². The summed E-state index contributed by atoms with van der Waals surface area (Å²) in [7, 11) is -1.43. The Kier molecular flexibility index (Phi) is 4.34. The molecule has 0 aromatic heterocycles. The van der Waals surface area contributed by atoms with Gasteiger partial charge in [0.15, 0.2) is 9.84 Å². The summed E-state index contributed by atoms with van der Waals surface area (Å²) in [5, 5.41) is -0.183. The Morgan fingerprint density at radius 2 is 1.86 bits per heavy atom. The first-order valence-electron chi connectivity index (χ1n) is 5.02. The van der Waals surface area contributed by atoms with Crippen LogP contribution in [0.1, 0.15) is 25.7 Å². The SMILES string of the molecule is COCCS(=O)(=O)C1CCC(N)CC1. The second kappa shape index (κ2) is 5.09. The maximum atomic E-state index is 11.7. The van der Waals surface area contributed by atoms with E-state index in [0.717, 1.165) is 12.8 Å². The number of rotatable bonds is 4. The molecule has 14 heavy (non-hydrogen) atoms. The minimum atomic E-state index is -2.95. The third kappa shape index (κ3) is 3.22. The van der Waals surface area contributed by atoms with Gasteiger partial charge in [-0.15, -0.1) is 0 Å². The highest BCUT2D eigenvalue weighted by molar-refractivity contribution is 7.92. The average Bonchev–Trinajstić information content (AvgIpc) is 2.16. The zero-order chi connectivity index (χ0) is 10.6. The quantitative estimate of drug-likeness (QED) is 0.742. The summed E-state index contributed by atoms with van der Waals surface area (Å²) in [5.74, 6) is 0.142. The zero-order valence-corrected chi connectivity index (χ0v) is 9.42. The van der Waals surface area contributed by atoms with E-state index < -0.39 is 9.84 Å². The van der Waals surface area contributed by atoms with E-state index in [0.29, 0.717) is 19.4 Å². The third-order valence-electron chi connectivity index (χ3n) is 2.80. The molecule has 0 atom stereocenters. The fourth-order valence-electron chi connectivity index (χ4n) is 1.81. The van der Waals surface area contributed by atoms with Crippen molar-refractivity contribution < 1.29 is 13.2 Å². The Balaban J connectivity index is 2.47. The van der Waals surface area contributed by atoms with Crippen LogP contribution < -0.4 is 5.73 Å². The molecule has 0 aliphatic heterocycles. The van der Waals surface area contributed by atoms with E-state index in [-0.39, 0.29) is 17.0 Å². The molecule has 0 aromatic rings. The van der Waals surface area contributed by atoms with Crippen molar-refractivity contribution in [1.29, 1.82) is 0 Å². The predicted molar refractivity (Wildman–Crippen MR) is 55.9 cm³/mol. The van der Waals surface area contributed by atoms with Gasteiger partial charge in [-0.3, -0.25) is 0 Å². The van der Waals surface area contributed by atoms with Gasteiger partial charge < -0.3 is 10.5 Å². The molecule has 0 radical (unpaired) electrons. The molecule has 84 valence electrons. The highest BCUT2D eigenvalue weighted by Gasteiger charge is 2.29. The van der Waals surface area contributed by atoms with Gasteiger partial charge in [-0.05, 0) is 25.7 Å². The van der Waals surface area contributed by atoms with Crippen molar-refractivity contribution in [2.45, 2.75) is 37.0 Å². The summed E-state index contributed by atoms with van der Waals surface area (Å²) in [4.78, 5) is 0. The van der Waals surface area contributed by atoms with Crippen LogP contribution in [0.3, 0.4) is 0 Å². The monoisotopic (exact) mass is 221 g/mol. The molecule has 0 heterocycles. The Morgan fingerprint density at radius 1 is 1.29 bits per heavy atom. The van der Waals surface area contributed by atoms with Gasteiger partial charge in [0.1, 0.15) is 0 Å². The predicted octanol–water partition coefficient (Wildman–Crippen LogP) is 0.318. The van der Waals surface area contributed by atoms with E-state index in [1.54, 1.807) is 0 Å². The molecule has 4 nitrogen and oxygen atoms in total. The molecule has 2 N–H and O–H groups in total. The van der Waals surface area contributed by atoms with Crippen molar-refractivity contribution in [1.82, 2.24) is 0 Å².